The Morgan fingerprint density at radius 3 is 2.36 bits per heavy atom. The molecule has 22 heavy (non-hydrogen) atoms. The van der Waals surface area contributed by atoms with E-state index in [1.54, 1.807) is 12.1 Å². The van der Waals surface area contributed by atoms with Crippen LogP contribution in [0.5, 0.6) is 0 Å². The lowest BCUT2D eigenvalue weighted by atomic mass is 10.2. The van der Waals surface area contributed by atoms with Gasteiger partial charge in [-0.2, -0.15) is 0 Å². The van der Waals surface area contributed by atoms with Crippen LogP contribution in [0.2, 0.25) is 0 Å². The van der Waals surface area contributed by atoms with Crippen LogP contribution in [-0.4, -0.2) is 58.8 Å². The highest BCUT2D eigenvalue weighted by molar-refractivity contribution is 7.89. The monoisotopic (exact) mass is 325 g/mol. The van der Waals surface area contributed by atoms with E-state index in [4.69, 9.17) is 9.88 Å². The molecular weight excluding hydrogens is 302 g/mol. The van der Waals surface area contributed by atoms with E-state index in [0.717, 1.165) is 45.0 Å². The first-order valence-corrected chi connectivity index (χ1v) is 9.29. The van der Waals surface area contributed by atoms with Crippen molar-refractivity contribution in [3.05, 3.63) is 24.3 Å². The molecule has 0 bridgehead atoms. The average molecular weight is 325 g/mol. The van der Waals surface area contributed by atoms with E-state index in [-0.39, 0.29) is 4.90 Å². The lowest BCUT2D eigenvalue weighted by molar-refractivity contribution is 0.0713. The van der Waals surface area contributed by atoms with Gasteiger partial charge in [0.2, 0.25) is 10.0 Å². The number of nitrogens with zero attached hydrogens (tertiary/aromatic N) is 2. The first-order valence-electron chi connectivity index (χ1n) is 7.74. The van der Waals surface area contributed by atoms with Gasteiger partial charge in [-0.25, -0.2) is 13.6 Å². The minimum absolute atomic E-state index is 0.160. The molecule has 2 heterocycles. The van der Waals surface area contributed by atoms with Crippen molar-refractivity contribution in [1.29, 1.82) is 0 Å². The SMILES string of the molecule is NS(=O)(=O)c1ccc(N2CCN(CC3CCCO3)CC2)cc1. The topological polar surface area (TPSA) is 75.9 Å². The molecule has 122 valence electrons. The van der Waals surface area contributed by atoms with Crippen molar-refractivity contribution in [3.8, 4) is 0 Å². The van der Waals surface area contributed by atoms with E-state index in [9.17, 15) is 8.42 Å². The van der Waals surface area contributed by atoms with Crippen molar-refractivity contribution in [2.45, 2.75) is 23.8 Å². The number of benzene rings is 1. The zero-order chi connectivity index (χ0) is 15.6. The molecule has 2 saturated heterocycles. The number of hydrogen-bond acceptors (Lipinski definition) is 5. The van der Waals surface area contributed by atoms with E-state index < -0.39 is 10.0 Å². The summed E-state index contributed by atoms with van der Waals surface area (Å²) in [6.07, 6.45) is 2.76. The normalized spacial score (nSPS) is 23.9. The molecule has 7 heteroatoms. The second-order valence-electron chi connectivity index (χ2n) is 5.96. The summed E-state index contributed by atoms with van der Waals surface area (Å²) in [6.45, 7) is 5.84. The van der Waals surface area contributed by atoms with E-state index in [0.29, 0.717) is 6.10 Å². The van der Waals surface area contributed by atoms with Crippen LogP contribution in [-0.2, 0) is 14.8 Å². The van der Waals surface area contributed by atoms with E-state index in [1.807, 2.05) is 12.1 Å². The molecule has 0 amide bonds. The van der Waals surface area contributed by atoms with Crippen LogP contribution in [0.4, 0.5) is 5.69 Å². The quantitative estimate of drug-likeness (QED) is 0.879. The molecule has 1 unspecified atom stereocenters. The Bertz CT molecular complexity index is 589. The molecule has 0 aromatic heterocycles. The van der Waals surface area contributed by atoms with Gasteiger partial charge in [-0.3, -0.25) is 4.90 Å². The summed E-state index contributed by atoms with van der Waals surface area (Å²) in [5.74, 6) is 0. The molecule has 0 aliphatic carbocycles. The van der Waals surface area contributed by atoms with E-state index in [1.165, 1.54) is 12.8 Å². The van der Waals surface area contributed by atoms with E-state index >= 15 is 0 Å². The number of ether oxygens (including phenoxy) is 1. The third-order valence-electron chi connectivity index (χ3n) is 4.39. The average Bonchev–Trinajstić information content (AvgIpc) is 3.00. The zero-order valence-corrected chi connectivity index (χ0v) is 13.5. The van der Waals surface area contributed by atoms with Crippen molar-refractivity contribution < 1.29 is 13.2 Å². The predicted molar refractivity (Wildman–Crippen MR) is 85.4 cm³/mol. The highest BCUT2D eigenvalue weighted by Gasteiger charge is 2.23. The molecule has 1 atom stereocenters. The fourth-order valence-corrected chi connectivity index (χ4v) is 3.63. The standard InChI is InChI=1S/C15H23N3O3S/c16-22(19,20)15-5-3-13(4-6-15)18-9-7-17(8-10-18)12-14-2-1-11-21-14/h3-6,14H,1-2,7-12H2,(H2,16,19,20). The molecule has 3 rings (SSSR count). The van der Waals surface area contributed by atoms with Gasteiger partial charge in [0.15, 0.2) is 0 Å². The second-order valence-corrected chi connectivity index (χ2v) is 7.52. The Morgan fingerprint density at radius 1 is 1.14 bits per heavy atom. The fraction of sp³-hybridized carbons (Fsp3) is 0.600. The van der Waals surface area contributed by atoms with Crippen LogP contribution in [0.15, 0.2) is 29.2 Å². The van der Waals surface area contributed by atoms with Crippen LogP contribution < -0.4 is 10.0 Å². The summed E-state index contributed by atoms with van der Waals surface area (Å²) in [5, 5.41) is 5.12. The van der Waals surface area contributed by atoms with Gasteiger partial charge < -0.3 is 9.64 Å². The van der Waals surface area contributed by atoms with Gasteiger partial charge >= 0.3 is 0 Å². The summed E-state index contributed by atoms with van der Waals surface area (Å²) in [4.78, 5) is 4.89. The molecule has 0 saturated carbocycles. The lowest BCUT2D eigenvalue weighted by Gasteiger charge is -2.37. The van der Waals surface area contributed by atoms with Gasteiger partial charge in [-0.15, -0.1) is 0 Å². The summed E-state index contributed by atoms with van der Waals surface area (Å²) in [7, 11) is -3.61. The van der Waals surface area contributed by atoms with Gasteiger partial charge in [-0.1, -0.05) is 0 Å². The zero-order valence-electron chi connectivity index (χ0n) is 12.6. The maximum absolute atomic E-state index is 11.3. The Morgan fingerprint density at radius 2 is 1.82 bits per heavy atom. The number of primary sulfonamides is 1. The fourth-order valence-electron chi connectivity index (χ4n) is 3.11. The molecule has 0 radical (unpaired) electrons. The summed E-state index contributed by atoms with van der Waals surface area (Å²) >= 11 is 0. The van der Waals surface area contributed by atoms with Crippen molar-refractivity contribution in [1.82, 2.24) is 4.90 Å². The minimum Gasteiger partial charge on any atom is -0.377 e. The molecule has 6 nitrogen and oxygen atoms in total. The Kier molecular flexibility index (Phi) is 4.67. The smallest absolute Gasteiger partial charge is 0.238 e. The first kappa shape index (κ1) is 15.7. The highest BCUT2D eigenvalue weighted by Crippen LogP contribution is 2.20. The largest absolute Gasteiger partial charge is 0.377 e. The van der Waals surface area contributed by atoms with Crippen molar-refractivity contribution in [3.63, 3.8) is 0 Å². The summed E-state index contributed by atoms with van der Waals surface area (Å²) < 4.78 is 28.2. The molecule has 2 fully saturated rings. The highest BCUT2D eigenvalue weighted by atomic mass is 32.2. The van der Waals surface area contributed by atoms with Crippen LogP contribution in [0, 0.1) is 0 Å². The Hall–Kier alpha value is -1.15. The van der Waals surface area contributed by atoms with Crippen molar-refractivity contribution >= 4 is 15.7 Å². The maximum atomic E-state index is 11.3. The molecule has 0 spiro atoms. The van der Waals surface area contributed by atoms with Gasteiger partial charge in [0.25, 0.3) is 0 Å². The molecule has 2 aliphatic heterocycles. The van der Waals surface area contributed by atoms with Crippen LogP contribution >= 0.6 is 0 Å². The molecular formula is C15H23N3O3S. The number of hydrogen-bond donors (Lipinski definition) is 1. The number of rotatable bonds is 4. The third-order valence-corrected chi connectivity index (χ3v) is 5.32. The van der Waals surface area contributed by atoms with Crippen molar-refractivity contribution in [2.75, 3.05) is 44.2 Å². The predicted octanol–water partition coefficient (Wildman–Crippen LogP) is 0.635. The maximum Gasteiger partial charge on any atom is 0.238 e. The molecule has 1 aromatic rings. The third kappa shape index (κ3) is 3.78. The van der Waals surface area contributed by atoms with Crippen LogP contribution in [0.1, 0.15) is 12.8 Å². The van der Waals surface area contributed by atoms with Crippen molar-refractivity contribution in [2.24, 2.45) is 5.14 Å². The van der Waals surface area contributed by atoms with Crippen LogP contribution in [0.25, 0.3) is 0 Å². The summed E-state index contributed by atoms with van der Waals surface area (Å²) in [6, 6.07) is 6.80. The number of nitrogens with two attached hydrogens (primary N) is 1. The van der Waals surface area contributed by atoms with Gasteiger partial charge in [0.05, 0.1) is 11.0 Å². The molecule has 2 N–H and O–H groups in total. The number of anilines is 1. The molecule has 1 aromatic carbocycles. The second kappa shape index (κ2) is 6.54. The number of piperazine rings is 1. The van der Waals surface area contributed by atoms with Gasteiger partial charge in [-0.05, 0) is 37.1 Å². The Labute approximate surface area is 131 Å². The first-order chi connectivity index (χ1) is 10.5. The van der Waals surface area contributed by atoms with E-state index in [2.05, 4.69) is 9.80 Å². The molecule has 2 aliphatic rings. The van der Waals surface area contributed by atoms with Gasteiger partial charge in [0, 0.05) is 45.0 Å². The van der Waals surface area contributed by atoms with Gasteiger partial charge in [0.1, 0.15) is 0 Å². The summed E-state index contributed by atoms with van der Waals surface area (Å²) in [5.41, 5.74) is 1.05. The minimum atomic E-state index is -3.61. The number of sulfonamides is 1. The lowest BCUT2D eigenvalue weighted by Crippen LogP contribution is -2.48. The van der Waals surface area contributed by atoms with Crippen LogP contribution in [0.3, 0.4) is 0 Å². The Balaban J connectivity index is 1.54.